The number of hydrogen-bond acceptors (Lipinski definition) is 2. The Morgan fingerprint density at radius 1 is 1.44 bits per heavy atom. The third-order valence-corrected chi connectivity index (χ3v) is 3.19. The highest BCUT2D eigenvalue weighted by molar-refractivity contribution is 6.30. The van der Waals surface area contributed by atoms with Gasteiger partial charge in [-0.3, -0.25) is 0 Å². The van der Waals surface area contributed by atoms with Gasteiger partial charge < -0.3 is 10.5 Å². The zero-order valence-corrected chi connectivity index (χ0v) is 10.1. The fraction of sp³-hybridized carbons (Fsp3) is 0.385. The molecule has 1 aromatic carbocycles. The second kappa shape index (κ2) is 4.89. The summed E-state index contributed by atoms with van der Waals surface area (Å²) in [5.74, 6) is 0.881. The fourth-order valence-corrected chi connectivity index (χ4v) is 2.20. The molecule has 1 aromatic rings. The van der Waals surface area contributed by atoms with Gasteiger partial charge in [0.05, 0.1) is 7.11 Å². The summed E-state index contributed by atoms with van der Waals surface area (Å²) in [5, 5.41) is 0.742. The van der Waals surface area contributed by atoms with Crippen LogP contribution < -0.4 is 10.5 Å². The molecule has 1 aliphatic carbocycles. The molecular weight excluding hydrogens is 222 g/mol. The van der Waals surface area contributed by atoms with Crippen LogP contribution in [-0.2, 0) is 0 Å². The van der Waals surface area contributed by atoms with Crippen molar-refractivity contribution in [1.29, 1.82) is 0 Å². The van der Waals surface area contributed by atoms with Crippen LogP contribution in [0.1, 0.15) is 24.8 Å². The molecule has 0 spiro atoms. The first-order chi connectivity index (χ1) is 7.70. The Kier molecular flexibility index (Phi) is 3.52. The van der Waals surface area contributed by atoms with Gasteiger partial charge in [0.2, 0.25) is 0 Å². The number of benzene rings is 1. The fourth-order valence-electron chi connectivity index (χ4n) is 2.03. The van der Waals surface area contributed by atoms with Crippen molar-refractivity contribution in [3.8, 4) is 5.75 Å². The van der Waals surface area contributed by atoms with Crippen LogP contribution >= 0.6 is 11.6 Å². The number of hydrogen-bond donors (Lipinski definition) is 1. The molecule has 16 heavy (non-hydrogen) atoms. The quantitative estimate of drug-likeness (QED) is 0.857. The van der Waals surface area contributed by atoms with Crippen molar-refractivity contribution >= 4 is 17.2 Å². The molecule has 0 fully saturated rings. The molecule has 1 aliphatic rings. The van der Waals surface area contributed by atoms with Gasteiger partial charge in [-0.25, -0.2) is 0 Å². The van der Waals surface area contributed by atoms with Gasteiger partial charge in [0, 0.05) is 16.6 Å². The van der Waals surface area contributed by atoms with Gasteiger partial charge >= 0.3 is 0 Å². The first kappa shape index (κ1) is 11.5. The Bertz CT molecular complexity index is 414. The first-order valence-electron chi connectivity index (χ1n) is 5.49. The second-order valence-electron chi connectivity index (χ2n) is 4.11. The summed E-state index contributed by atoms with van der Waals surface area (Å²) < 4.78 is 5.35. The van der Waals surface area contributed by atoms with Crippen molar-refractivity contribution in [2.45, 2.75) is 25.3 Å². The molecule has 0 amide bonds. The summed E-state index contributed by atoms with van der Waals surface area (Å²) in [7, 11) is 1.68. The molecule has 3 heteroatoms. The van der Waals surface area contributed by atoms with Crippen LogP contribution in [0.3, 0.4) is 0 Å². The summed E-state index contributed by atoms with van der Waals surface area (Å²) in [6, 6.07) is 6.02. The predicted octanol–water partition coefficient (Wildman–Crippen LogP) is 3.24. The van der Waals surface area contributed by atoms with E-state index in [2.05, 4.69) is 6.08 Å². The van der Waals surface area contributed by atoms with E-state index in [-0.39, 0.29) is 0 Å². The molecular formula is C13H16ClNO. The third-order valence-electron chi connectivity index (χ3n) is 2.96. The van der Waals surface area contributed by atoms with Crippen LogP contribution in [0.25, 0.3) is 5.57 Å². The average Bonchev–Trinajstić information content (AvgIpc) is 2.30. The highest BCUT2D eigenvalue weighted by Gasteiger charge is 2.15. The maximum absolute atomic E-state index is 6.01. The van der Waals surface area contributed by atoms with E-state index in [1.807, 2.05) is 18.2 Å². The highest BCUT2D eigenvalue weighted by Crippen LogP contribution is 2.34. The molecule has 1 atom stereocenters. The van der Waals surface area contributed by atoms with Crippen molar-refractivity contribution in [3.05, 3.63) is 34.9 Å². The molecule has 0 saturated carbocycles. The van der Waals surface area contributed by atoms with Crippen molar-refractivity contribution < 1.29 is 4.74 Å². The van der Waals surface area contributed by atoms with Crippen LogP contribution in [0.4, 0.5) is 0 Å². The number of halogens is 1. The molecule has 0 aromatic heterocycles. The lowest BCUT2D eigenvalue weighted by Crippen LogP contribution is -2.21. The average molecular weight is 238 g/mol. The maximum atomic E-state index is 6.01. The molecule has 0 radical (unpaired) electrons. The molecule has 1 unspecified atom stereocenters. The lowest BCUT2D eigenvalue weighted by atomic mass is 9.91. The van der Waals surface area contributed by atoms with Gasteiger partial charge in [0.15, 0.2) is 0 Å². The summed E-state index contributed by atoms with van der Waals surface area (Å²) >= 11 is 6.01. The van der Waals surface area contributed by atoms with E-state index in [9.17, 15) is 0 Å². The van der Waals surface area contributed by atoms with Crippen LogP contribution in [-0.4, -0.2) is 13.2 Å². The zero-order valence-electron chi connectivity index (χ0n) is 9.37. The van der Waals surface area contributed by atoms with Gasteiger partial charge in [-0.05, 0) is 43.0 Å². The Morgan fingerprint density at radius 3 is 2.88 bits per heavy atom. The first-order valence-corrected chi connectivity index (χ1v) is 5.87. The summed E-state index contributed by atoms with van der Waals surface area (Å²) in [6.07, 6.45) is 5.16. The van der Waals surface area contributed by atoms with E-state index in [0.717, 1.165) is 35.6 Å². The zero-order chi connectivity index (χ0) is 11.5. The van der Waals surface area contributed by atoms with Gasteiger partial charge in [0.25, 0.3) is 0 Å². The maximum Gasteiger partial charge on any atom is 0.126 e. The van der Waals surface area contributed by atoms with Gasteiger partial charge in [0.1, 0.15) is 5.75 Å². The smallest absolute Gasteiger partial charge is 0.126 e. The SMILES string of the molecule is COc1ccc(Cl)cc1C1=CCC(N)CC1. The van der Waals surface area contributed by atoms with E-state index in [4.69, 9.17) is 22.1 Å². The van der Waals surface area contributed by atoms with Gasteiger partial charge in [-0.15, -0.1) is 0 Å². The van der Waals surface area contributed by atoms with Crippen molar-refractivity contribution in [2.75, 3.05) is 7.11 Å². The van der Waals surface area contributed by atoms with Crippen molar-refractivity contribution in [3.63, 3.8) is 0 Å². The van der Waals surface area contributed by atoms with E-state index in [1.165, 1.54) is 5.57 Å². The molecule has 86 valence electrons. The highest BCUT2D eigenvalue weighted by atomic mass is 35.5. The van der Waals surface area contributed by atoms with E-state index < -0.39 is 0 Å². The monoisotopic (exact) mass is 237 g/mol. The number of nitrogens with two attached hydrogens (primary N) is 1. The van der Waals surface area contributed by atoms with Crippen LogP contribution in [0, 0.1) is 0 Å². The molecule has 0 aliphatic heterocycles. The minimum Gasteiger partial charge on any atom is -0.496 e. The number of methoxy groups -OCH3 is 1. The van der Waals surface area contributed by atoms with Gasteiger partial charge in [-0.1, -0.05) is 17.7 Å². The number of rotatable bonds is 2. The van der Waals surface area contributed by atoms with Crippen LogP contribution in [0.2, 0.25) is 5.02 Å². The number of allylic oxidation sites excluding steroid dienone is 1. The third kappa shape index (κ3) is 2.39. The largest absolute Gasteiger partial charge is 0.496 e. The molecule has 0 saturated heterocycles. The standard InChI is InChI=1S/C13H16ClNO/c1-16-13-7-4-10(14)8-12(13)9-2-5-11(15)6-3-9/h2,4,7-8,11H,3,5-6,15H2,1H3. The van der Waals surface area contributed by atoms with E-state index >= 15 is 0 Å². The topological polar surface area (TPSA) is 35.2 Å². The Morgan fingerprint density at radius 2 is 2.25 bits per heavy atom. The molecule has 2 nitrogen and oxygen atoms in total. The number of ether oxygens (including phenoxy) is 1. The summed E-state index contributed by atoms with van der Waals surface area (Å²) in [4.78, 5) is 0. The van der Waals surface area contributed by atoms with Gasteiger partial charge in [-0.2, -0.15) is 0 Å². The molecule has 0 heterocycles. The van der Waals surface area contributed by atoms with Crippen LogP contribution in [0.15, 0.2) is 24.3 Å². The lowest BCUT2D eigenvalue weighted by molar-refractivity contribution is 0.413. The van der Waals surface area contributed by atoms with Crippen LogP contribution in [0.5, 0.6) is 5.75 Å². The predicted molar refractivity (Wildman–Crippen MR) is 67.8 cm³/mol. The minimum absolute atomic E-state index is 0.300. The second-order valence-corrected chi connectivity index (χ2v) is 4.54. The Labute approximate surface area is 101 Å². The van der Waals surface area contributed by atoms with E-state index in [1.54, 1.807) is 7.11 Å². The summed E-state index contributed by atoms with van der Waals surface area (Å²) in [5.41, 5.74) is 8.27. The Hall–Kier alpha value is -0.990. The Balaban J connectivity index is 2.35. The molecule has 2 rings (SSSR count). The van der Waals surface area contributed by atoms with Crippen molar-refractivity contribution in [2.24, 2.45) is 5.73 Å². The lowest BCUT2D eigenvalue weighted by Gasteiger charge is -2.20. The normalized spacial score (nSPS) is 20.4. The van der Waals surface area contributed by atoms with E-state index in [0.29, 0.717) is 6.04 Å². The molecule has 2 N–H and O–H groups in total. The minimum atomic E-state index is 0.300. The summed E-state index contributed by atoms with van der Waals surface area (Å²) in [6.45, 7) is 0. The molecule has 0 bridgehead atoms. The van der Waals surface area contributed by atoms with Crippen molar-refractivity contribution in [1.82, 2.24) is 0 Å².